The number of carbonyl (C=O) groups is 1. The number of aromatic nitrogens is 2. The predicted molar refractivity (Wildman–Crippen MR) is 146 cm³/mol. The van der Waals surface area contributed by atoms with Crippen LogP contribution >= 0.6 is 0 Å². The van der Waals surface area contributed by atoms with E-state index >= 15 is 0 Å². The second-order valence-electron chi connectivity index (χ2n) is 9.63. The van der Waals surface area contributed by atoms with E-state index in [2.05, 4.69) is 19.2 Å². The highest BCUT2D eigenvalue weighted by molar-refractivity contribution is 5.89. The quantitative estimate of drug-likeness (QED) is 0.316. The van der Waals surface area contributed by atoms with Gasteiger partial charge < -0.3 is 10.2 Å². The molecule has 36 heavy (non-hydrogen) atoms. The van der Waals surface area contributed by atoms with Crippen LogP contribution in [-0.4, -0.2) is 27.0 Å². The minimum absolute atomic E-state index is 0.0958. The highest BCUT2D eigenvalue weighted by atomic mass is 16.2. The number of rotatable bonds is 8. The van der Waals surface area contributed by atoms with E-state index < -0.39 is 0 Å². The molecule has 6 nitrogen and oxygen atoms in total. The van der Waals surface area contributed by atoms with Crippen LogP contribution in [0.4, 0.5) is 10.5 Å². The third kappa shape index (κ3) is 5.65. The third-order valence-electron chi connectivity index (χ3n) is 6.23. The van der Waals surface area contributed by atoms with Crippen molar-refractivity contribution in [3.8, 4) is 0 Å². The molecular formula is C30H34N4O2. The number of para-hydroxylation sites is 1. The van der Waals surface area contributed by atoms with E-state index in [1.54, 1.807) is 4.57 Å². The molecule has 0 aliphatic heterocycles. The molecule has 0 saturated carbocycles. The van der Waals surface area contributed by atoms with Gasteiger partial charge in [-0.25, -0.2) is 9.78 Å². The Labute approximate surface area is 212 Å². The molecule has 1 unspecified atom stereocenters. The third-order valence-corrected chi connectivity index (χ3v) is 6.23. The van der Waals surface area contributed by atoms with Gasteiger partial charge in [-0.3, -0.25) is 9.36 Å². The van der Waals surface area contributed by atoms with Crippen molar-refractivity contribution in [2.75, 3.05) is 11.9 Å². The normalized spacial score (nSPS) is 12.0. The van der Waals surface area contributed by atoms with Gasteiger partial charge in [-0.15, -0.1) is 0 Å². The molecule has 0 aliphatic rings. The molecule has 0 bridgehead atoms. The Hall–Kier alpha value is -3.93. The van der Waals surface area contributed by atoms with Crippen LogP contribution < -0.4 is 10.9 Å². The Morgan fingerprint density at radius 3 is 2.42 bits per heavy atom. The summed E-state index contributed by atoms with van der Waals surface area (Å²) < 4.78 is 1.74. The van der Waals surface area contributed by atoms with Crippen LogP contribution in [0.3, 0.4) is 0 Å². The summed E-state index contributed by atoms with van der Waals surface area (Å²) in [5.41, 5.74) is 3.37. The predicted octanol–water partition coefficient (Wildman–Crippen LogP) is 6.39. The molecule has 0 fully saturated rings. The Morgan fingerprint density at radius 1 is 1.00 bits per heavy atom. The summed E-state index contributed by atoms with van der Waals surface area (Å²) in [5.74, 6) is 0.835. The number of aryl methyl sites for hydroxylation is 1. The first kappa shape index (κ1) is 25.2. The van der Waals surface area contributed by atoms with Crippen molar-refractivity contribution in [3.63, 3.8) is 0 Å². The number of urea groups is 1. The topological polar surface area (TPSA) is 67.2 Å². The van der Waals surface area contributed by atoms with Crippen molar-refractivity contribution in [1.29, 1.82) is 0 Å². The van der Waals surface area contributed by atoms with E-state index in [4.69, 9.17) is 4.98 Å². The molecule has 1 atom stereocenters. The molecule has 0 spiro atoms. The lowest BCUT2D eigenvalue weighted by Gasteiger charge is -2.33. The molecule has 0 radical (unpaired) electrons. The molecule has 3 aromatic carbocycles. The molecule has 2 amide bonds. The van der Waals surface area contributed by atoms with E-state index in [0.29, 0.717) is 36.2 Å². The zero-order chi connectivity index (χ0) is 25.7. The maximum atomic E-state index is 13.7. The van der Waals surface area contributed by atoms with E-state index in [1.165, 1.54) is 0 Å². The van der Waals surface area contributed by atoms with Crippen LogP contribution in [0.25, 0.3) is 10.9 Å². The van der Waals surface area contributed by atoms with Gasteiger partial charge in [0.15, 0.2) is 0 Å². The first-order valence-electron chi connectivity index (χ1n) is 12.5. The van der Waals surface area contributed by atoms with Crippen molar-refractivity contribution in [2.24, 2.45) is 5.92 Å². The number of carbonyl (C=O) groups excluding carboxylic acids is 1. The standard InChI is InChI=1S/C30H34N4O2/c1-5-27(33(19-21(2)3)30(36)31-24-15-11-12-22(4)18-24)28-32-26-17-10-9-16-25(26)29(35)34(28)20-23-13-7-6-8-14-23/h6-18,21,27H,5,19-20H2,1-4H3,(H,31,36). The Balaban J connectivity index is 1.82. The van der Waals surface area contributed by atoms with Crippen LogP contribution in [0.2, 0.25) is 0 Å². The highest BCUT2D eigenvalue weighted by Gasteiger charge is 2.29. The number of amides is 2. The lowest BCUT2D eigenvalue weighted by atomic mass is 10.1. The number of hydrogen-bond donors (Lipinski definition) is 1. The Bertz CT molecular complexity index is 1400. The smallest absolute Gasteiger partial charge is 0.314 e. The molecular weight excluding hydrogens is 448 g/mol. The minimum Gasteiger partial charge on any atom is -0.314 e. The number of nitrogens with one attached hydrogen (secondary N) is 1. The molecule has 1 aromatic heterocycles. The van der Waals surface area contributed by atoms with Gasteiger partial charge in [0.1, 0.15) is 5.82 Å². The maximum absolute atomic E-state index is 13.7. The molecule has 6 heteroatoms. The van der Waals surface area contributed by atoms with Crippen LogP contribution in [0.5, 0.6) is 0 Å². The fraction of sp³-hybridized carbons (Fsp3) is 0.300. The summed E-state index contributed by atoms with van der Waals surface area (Å²) in [6, 6.07) is 24.5. The van der Waals surface area contributed by atoms with Crippen LogP contribution in [-0.2, 0) is 6.54 Å². The number of hydrogen-bond acceptors (Lipinski definition) is 3. The monoisotopic (exact) mass is 482 g/mol. The highest BCUT2D eigenvalue weighted by Crippen LogP contribution is 2.26. The van der Waals surface area contributed by atoms with E-state index in [9.17, 15) is 9.59 Å². The van der Waals surface area contributed by atoms with Crippen LogP contribution in [0.15, 0.2) is 83.7 Å². The largest absolute Gasteiger partial charge is 0.322 e. The second kappa shape index (κ2) is 11.2. The van der Waals surface area contributed by atoms with Gasteiger partial charge in [0, 0.05) is 12.2 Å². The van der Waals surface area contributed by atoms with Gasteiger partial charge >= 0.3 is 6.03 Å². The molecule has 186 valence electrons. The first-order chi connectivity index (χ1) is 17.4. The fourth-order valence-electron chi connectivity index (χ4n) is 4.56. The van der Waals surface area contributed by atoms with E-state index in [-0.39, 0.29) is 23.6 Å². The van der Waals surface area contributed by atoms with Gasteiger partial charge in [0.05, 0.1) is 23.5 Å². The maximum Gasteiger partial charge on any atom is 0.322 e. The zero-order valence-corrected chi connectivity index (χ0v) is 21.4. The van der Waals surface area contributed by atoms with E-state index in [0.717, 1.165) is 16.8 Å². The number of anilines is 1. The number of fused-ring (bicyclic) bond motifs is 1. The average Bonchev–Trinajstić information content (AvgIpc) is 2.86. The summed E-state index contributed by atoms with van der Waals surface area (Å²) >= 11 is 0. The summed E-state index contributed by atoms with van der Waals surface area (Å²) in [4.78, 5) is 34.2. The van der Waals surface area contributed by atoms with Gasteiger partial charge in [0.25, 0.3) is 5.56 Å². The minimum atomic E-state index is -0.377. The van der Waals surface area contributed by atoms with Crippen molar-refractivity contribution in [1.82, 2.24) is 14.5 Å². The lowest BCUT2D eigenvalue weighted by molar-refractivity contribution is 0.170. The van der Waals surface area contributed by atoms with Crippen molar-refractivity contribution >= 4 is 22.6 Å². The molecule has 1 heterocycles. The van der Waals surface area contributed by atoms with Crippen molar-refractivity contribution in [3.05, 3.63) is 106 Å². The Morgan fingerprint density at radius 2 is 1.72 bits per heavy atom. The number of nitrogens with zero attached hydrogens (tertiary/aromatic N) is 3. The lowest BCUT2D eigenvalue weighted by Crippen LogP contribution is -2.43. The van der Waals surface area contributed by atoms with Gasteiger partial charge in [0.2, 0.25) is 0 Å². The molecule has 1 N–H and O–H groups in total. The molecule has 0 aliphatic carbocycles. The van der Waals surface area contributed by atoms with E-state index in [1.807, 2.05) is 97.6 Å². The van der Waals surface area contributed by atoms with Gasteiger partial charge in [-0.1, -0.05) is 75.4 Å². The summed E-state index contributed by atoms with van der Waals surface area (Å²) in [6.45, 7) is 9.13. The average molecular weight is 483 g/mol. The van der Waals surface area contributed by atoms with Crippen molar-refractivity contribution < 1.29 is 4.79 Å². The van der Waals surface area contributed by atoms with Crippen LogP contribution in [0, 0.1) is 12.8 Å². The fourth-order valence-corrected chi connectivity index (χ4v) is 4.56. The SMILES string of the molecule is CCC(c1nc2ccccc2c(=O)n1Cc1ccccc1)N(CC(C)C)C(=O)Nc1cccc(C)c1. The summed E-state index contributed by atoms with van der Waals surface area (Å²) in [7, 11) is 0. The van der Waals surface area contributed by atoms with Crippen LogP contribution in [0.1, 0.15) is 50.2 Å². The Kier molecular flexibility index (Phi) is 7.84. The number of benzene rings is 3. The van der Waals surface area contributed by atoms with Gasteiger partial charge in [-0.05, 0) is 54.7 Å². The molecule has 4 rings (SSSR count). The van der Waals surface area contributed by atoms with Gasteiger partial charge in [-0.2, -0.15) is 0 Å². The summed E-state index contributed by atoms with van der Waals surface area (Å²) in [5, 5.41) is 3.64. The second-order valence-corrected chi connectivity index (χ2v) is 9.63. The zero-order valence-electron chi connectivity index (χ0n) is 21.4. The summed E-state index contributed by atoms with van der Waals surface area (Å²) in [6.07, 6.45) is 0.619. The molecule has 4 aromatic rings. The first-order valence-corrected chi connectivity index (χ1v) is 12.5. The molecule has 0 saturated heterocycles. The van der Waals surface area contributed by atoms with Crippen molar-refractivity contribution in [2.45, 2.75) is 46.7 Å².